The number of imidazole rings is 1. The first-order valence-electron chi connectivity index (χ1n) is 7.09. The van der Waals surface area contributed by atoms with Crippen molar-refractivity contribution in [2.24, 2.45) is 5.41 Å². The maximum absolute atomic E-state index is 4.24. The van der Waals surface area contributed by atoms with Crippen LogP contribution in [0.4, 0.5) is 0 Å². The van der Waals surface area contributed by atoms with E-state index in [4.69, 9.17) is 0 Å². The van der Waals surface area contributed by atoms with E-state index in [0.29, 0.717) is 5.41 Å². The van der Waals surface area contributed by atoms with Gasteiger partial charge in [-0.25, -0.2) is 4.98 Å². The third-order valence-electron chi connectivity index (χ3n) is 4.08. The SMILES string of the molecule is CNCC1(CNCCc2ccc3nc[nH]c3c2)CC1. The van der Waals surface area contributed by atoms with Crippen LogP contribution in [0.25, 0.3) is 11.0 Å². The molecule has 1 aliphatic carbocycles. The number of aromatic amines is 1. The highest BCUT2D eigenvalue weighted by atomic mass is 14.9. The fraction of sp³-hybridized carbons (Fsp3) is 0.533. The quantitative estimate of drug-likeness (QED) is 0.663. The standard InChI is InChI=1S/C15H22N4/c1-16-9-15(5-6-15)10-17-7-4-12-2-3-13-14(8-12)19-11-18-13/h2-3,8,11,16-17H,4-7,9-10H2,1H3,(H,18,19). The van der Waals surface area contributed by atoms with Gasteiger partial charge in [0.25, 0.3) is 0 Å². The number of fused-ring (bicyclic) bond motifs is 1. The third kappa shape index (κ3) is 2.96. The number of nitrogens with zero attached hydrogens (tertiary/aromatic N) is 1. The molecule has 0 spiro atoms. The van der Waals surface area contributed by atoms with Crippen LogP contribution in [0, 0.1) is 5.41 Å². The van der Waals surface area contributed by atoms with Crippen molar-refractivity contribution in [1.82, 2.24) is 20.6 Å². The third-order valence-corrected chi connectivity index (χ3v) is 4.08. The number of nitrogens with one attached hydrogen (secondary N) is 3. The van der Waals surface area contributed by atoms with E-state index in [1.807, 2.05) is 7.05 Å². The Morgan fingerprint density at radius 1 is 1.32 bits per heavy atom. The fourth-order valence-electron chi connectivity index (χ4n) is 2.69. The molecule has 1 aromatic heterocycles. The van der Waals surface area contributed by atoms with Crippen molar-refractivity contribution in [2.75, 3.05) is 26.7 Å². The molecule has 2 aromatic rings. The molecule has 0 aliphatic heterocycles. The Hall–Kier alpha value is -1.39. The minimum absolute atomic E-state index is 0.544. The molecular formula is C15H22N4. The minimum atomic E-state index is 0.544. The summed E-state index contributed by atoms with van der Waals surface area (Å²) < 4.78 is 0. The van der Waals surface area contributed by atoms with E-state index in [2.05, 4.69) is 38.8 Å². The van der Waals surface area contributed by atoms with Crippen LogP contribution < -0.4 is 10.6 Å². The zero-order chi connectivity index (χ0) is 13.1. The van der Waals surface area contributed by atoms with Crippen molar-refractivity contribution >= 4 is 11.0 Å². The van der Waals surface area contributed by atoms with Gasteiger partial charge in [0, 0.05) is 13.1 Å². The molecule has 1 saturated carbocycles. The highest BCUT2D eigenvalue weighted by Crippen LogP contribution is 2.44. The molecule has 4 heteroatoms. The number of aromatic nitrogens is 2. The Labute approximate surface area is 114 Å². The summed E-state index contributed by atoms with van der Waals surface area (Å²) in [5.74, 6) is 0. The minimum Gasteiger partial charge on any atom is -0.345 e. The second-order valence-electron chi connectivity index (χ2n) is 5.71. The molecule has 0 bridgehead atoms. The molecular weight excluding hydrogens is 236 g/mol. The van der Waals surface area contributed by atoms with Gasteiger partial charge in [0.2, 0.25) is 0 Å². The summed E-state index contributed by atoms with van der Waals surface area (Å²) in [6.45, 7) is 3.32. The van der Waals surface area contributed by atoms with Crippen molar-refractivity contribution in [1.29, 1.82) is 0 Å². The lowest BCUT2D eigenvalue weighted by atomic mass is 10.1. The van der Waals surface area contributed by atoms with E-state index in [1.165, 1.54) is 18.4 Å². The van der Waals surface area contributed by atoms with Gasteiger partial charge in [0.15, 0.2) is 0 Å². The summed E-state index contributed by atoms with van der Waals surface area (Å²) in [4.78, 5) is 7.40. The summed E-state index contributed by atoms with van der Waals surface area (Å²) >= 11 is 0. The van der Waals surface area contributed by atoms with Crippen LogP contribution in [0.1, 0.15) is 18.4 Å². The summed E-state index contributed by atoms with van der Waals surface area (Å²) in [5, 5.41) is 6.89. The van der Waals surface area contributed by atoms with Crippen molar-refractivity contribution in [3.63, 3.8) is 0 Å². The lowest BCUT2D eigenvalue weighted by molar-refractivity contribution is 0.441. The van der Waals surface area contributed by atoms with Crippen LogP contribution in [-0.2, 0) is 6.42 Å². The van der Waals surface area contributed by atoms with Crippen molar-refractivity contribution < 1.29 is 0 Å². The summed E-state index contributed by atoms with van der Waals surface area (Å²) in [6.07, 6.45) is 5.55. The monoisotopic (exact) mass is 258 g/mol. The lowest BCUT2D eigenvalue weighted by Crippen LogP contribution is -2.32. The van der Waals surface area contributed by atoms with E-state index in [-0.39, 0.29) is 0 Å². The van der Waals surface area contributed by atoms with E-state index in [0.717, 1.165) is 37.1 Å². The first kappa shape index (κ1) is 12.6. The van der Waals surface area contributed by atoms with Crippen LogP contribution in [0.5, 0.6) is 0 Å². The average molecular weight is 258 g/mol. The predicted octanol–water partition coefficient (Wildman–Crippen LogP) is 1.69. The molecule has 102 valence electrons. The number of H-pyrrole nitrogens is 1. The normalized spacial score (nSPS) is 16.9. The fourth-order valence-corrected chi connectivity index (χ4v) is 2.69. The van der Waals surface area contributed by atoms with Crippen molar-refractivity contribution in [3.05, 3.63) is 30.1 Å². The van der Waals surface area contributed by atoms with Gasteiger partial charge >= 0.3 is 0 Å². The van der Waals surface area contributed by atoms with Gasteiger partial charge in [-0.2, -0.15) is 0 Å². The highest BCUT2D eigenvalue weighted by Gasteiger charge is 2.41. The maximum atomic E-state index is 4.24. The molecule has 3 rings (SSSR count). The molecule has 0 amide bonds. The second-order valence-corrected chi connectivity index (χ2v) is 5.71. The highest BCUT2D eigenvalue weighted by molar-refractivity contribution is 5.75. The molecule has 4 nitrogen and oxygen atoms in total. The zero-order valence-electron chi connectivity index (χ0n) is 11.5. The molecule has 0 saturated heterocycles. The van der Waals surface area contributed by atoms with Crippen LogP contribution in [0.15, 0.2) is 24.5 Å². The van der Waals surface area contributed by atoms with Gasteiger partial charge in [-0.1, -0.05) is 6.07 Å². The molecule has 1 aromatic carbocycles. The van der Waals surface area contributed by atoms with Crippen LogP contribution >= 0.6 is 0 Å². The molecule has 3 N–H and O–H groups in total. The smallest absolute Gasteiger partial charge is 0.0931 e. The molecule has 0 radical (unpaired) electrons. The molecule has 19 heavy (non-hydrogen) atoms. The molecule has 0 atom stereocenters. The largest absolute Gasteiger partial charge is 0.345 e. The van der Waals surface area contributed by atoms with Gasteiger partial charge in [-0.15, -0.1) is 0 Å². The van der Waals surface area contributed by atoms with Crippen LogP contribution in [-0.4, -0.2) is 36.6 Å². The first-order chi connectivity index (χ1) is 9.31. The topological polar surface area (TPSA) is 52.7 Å². The Morgan fingerprint density at radius 3 is 3.00 bits per heavy atom. The molecule has 0 unspecified atom stereocenters. The second kappa shape index (κ2) is 5.31. The summed E-state index contributed by atoms with van der Waals surface area (Å²) in [6, 6.07) is 6.46. The Kier molecular flexibility index (Phi) is 3.53. The Bertz CT molecular complexity index is 542. The average Bonchev–Trinajstić information content (AvgIpc) is 3.02. The van der Waals surface area contributed by atoms with Crippen molar-refractivity contribution in [3.8, 4) is 0 Å². The van der Waals surface area contributed by atoms with Crippen LogP contribution in [0.3, 0.4) is 0 Å². The summed E-state index contributed by atoms with van der Waals surface area (Å²) in [7, 11) is 2.04. The summed E-state index contributed by atoms with van der Waals surface area (Å²) in [5.41, 5.74) is 4.08. The molecule has 1 heterocycles. The van der Waals surface area contributed by atoms with E-state index >= 15 is 0 Å². The zero-order valence-corrected chi connectivity index (χ0v) is 11.5. The van der Waals surface area contributed by atoms with Gasteiger partial charge in [0.05, 0.1) is 17.4 Å². The van der Waals surface area contributed by atoms with Crippen molar-refractivity contribution in [2.45, 2.75) is 19.3 Å². The van der Waals surface area contributed by atoms with Gasteiger partial charge < -0.3 is 15.6 Å². The number of benzene rings is 1. The Balaban J connectivity index is 1.47. The molecule has 1 aliphatic rings. The van der Waals surface area contributed by atoms with E-state index in [1.54, 1.807) is 6.33 Å². The number of hydrogen-bond acceptors (Lipinski definition) is 3. The van der Waals surface area contributed by atoms with Gasteiger partial charge in [-0.3, -0.25) is 0 Å². The first-order valence-corrected chi connectivity index (χ1v) is 7.09. The van der Waals surface area contributed by atoms with E-state index < -0.39 is 0 Å². The maximum Gasteiger partial charge on any atom is 0.0931 e. The van der Waals surface area contributed by atoms with Crippen LogP contribution in [0.2, 0.25) is 0 Å². The Morgan fingerprint density at radius 2 is 2.21 bits per heavy atom. The number of hydrogen-bond donors (Lipinski definition) is 3. The lowest BCUT2D eigenvalue weighted by Gasteiger charge is -2.15. The predicted molar refractivity (Wildman–Crippen MR) is 78.3 cm³/mol. The van der Waals surface area contributed by atoms with Gasteiger partial charge in [0.1, 0.15) is 0 Å². The number of rotatable bonds is 7. The molecule has 1 fully saturated rings. The van der Waals surface area contributed by atoms with E-state index in [9.17, 15) is 0 Å². The van der Waals surface area contributed by atoms with Gasteiger partial charge in [-0.05, 0) is 56.0 Å².